The third kappa shape index (κ3) is 4.08. The summed E-state index contributed by atoms with van der Waals surface area (Å²) >= 11 is 0. The van der Waals surface area contributed by atoms with Gasteiger partial charge < -0.3 is 16.0 Å². The van der Waals surface area contributed by atoms with Crippen LogP contribution in [0.5, 0.6) is 0 Å². The molecule has 0 aromatic heterocycles. The molecule has 6 heteroatoms. The average Bonchev–Trinajstić information content (AvgIpc) is 2.66. The van der Waals surface area contributed by atoms with Gasteiger partial charge in [0.1, 0.15) is 0 Å². The predicted octanol–water partition coefficient (Wildman–Crippen LogP) is 2.25. The van der Waals surface area contributed by atoms with Crippen LogP contribution in [0.3, 0.4) is 0 Å². The summed E-state index contributed by atoms with van der Waals surface area (Å²) in [5, 5.41) is 8.43. The van der Waals surface area contributed by atoms with E-state index in [4.69, 9.17) is 0 Å². The van der Waals surface area contributed by atoms with E-state index in [1.54, 1.807) is 30.3 Å². The first-order valence-electron chi connectivity index (χ1n) is 8.65. The van der Waals surface area contributed by atoms with Crippen molar-refractivity contribution in [2.45, 2.75) is 26.3 Å². The SMILES string of the molecule is CCNC(=O)c1cccc(CNC(=O)c2ccc3c(c2)CCC(=O)N3)c1. The highest BCUT2D eigenvalue weighted by Gasteiger charge is 2.16. The molecule has 0 saturated heterocycles. The lowest BCUT2D eigenvalue weighted by molar-refractivity contribution is -0.116. The Balaban J connectivity index is 1.65. The third-order valence-electron chi connectivity index (χ3n) is 4.24. The molecule has 3 N–H and O–H groups in total. The van der Waals surface area contributed by atoms with E-state index in [9.17, 15) is 14.4 Å². The van der Waals surface area contributed by atoms with E-state index < -0.39 is 0 Å². The number of nitrogens with one attached hydrogen (secondary N) is 3. The van der Waals surface area contributed by atoms with Gasteiger partial charge in [0.15, 0.2) is 0 Å². The second kappa shape index (κ2) is 7.82. The average molecular weight is 351 g/mol. The molecule has 0 atom stereocenters. The summed E-state index contributed by atoms with van der Waals surface area (Å²) in [6.45, 7) is 2.77. The molecule has 26 heavy (non-hydrogen) atoms. The quantitative estimate of drug-likeness (QED) is 0.772. The maximum atomic E-state index is 12.4. The van der Waals surface area contributed by atoms with Gasteiger partial charge in [-0.1, -0.05) is 12.1 Å². The molecule has 3 amide bonds. The van der Waals surface area contributed by atoms with Crippen LogP contribution in [0, 0.1) is 0 Å². The first-order chi connectivity index (χ1) is 12.6. The van der Waals surface area contributed by atoms with Gasteiger partial charge in [-0.05, 0) is 54.8 Å². The van der Waals surface area contributed by atoms with E-state index >= 15 is 0 Å². The van der Waals surface area contributed by atoms with Crippen LogP contribution in [0.25, 0.3) is 0 Å². The van der Waals surface area contributed by atoms with Gasteiger partial charge in [-0.15, -0.1) is 0 Å². The molecule has 0 fully saturated rings. The zero-order valence-electron chi connectivity index (χ0n) is 14.6. The van der Waals surface area contributed by atoms with Gasteiger partial charge in [0.25, 0.3) is 11.8 Å². The third-order valence-corrected chi connectivity index (χ3v) is 4.24. The zero-order chi connectivity index (χ0) is 18.5. The number of rotatable bonds is 5. The number of hydrogen-bond donors (Lipinski definition) is 3. The summed E-state index contributed by atoms with van der Waals surface area (Å²) in [6, 6.07) is 12.5. The Morgan fingerprint density at radius 1 is 1.00 bits per heavy atom. The van der Waals surface area contributed by atoms with Gasteiger partial charge in [-0.25, -0.2) is 0 Å². The van der Waals surface area contributed by atoms with Crippen molar-refractivity contribution in [1.82, 2.24) is 10.6 Å². The molecule has 3 rings (SSSR count). The maximum absolute atomic E-state index is 12.4. The lowest BCUT2D eigenvalue weighted by atomic mass is 10.00. The molecular weight excluding hydrogens is 330 g/mol. The summed E-state index contributed by atoms with van der Waals surface area (Å²) < 4.78 is 0. The van der Waals surface area contributed by atoms with Crippen molar-refractivity contribution < 1.29 is 14.4 Å². The zero-order valence-corrected chi connectivity index (χ0v) is 14.6. The predicted molar refractivity (Wildman–Crippen MR) is 99.0 cm³/mol. The number of fused-ring (bicyclic) bond motifs is 1. The molecule has 0 saturated carbocycles. The Labute approximate surface area is 152 Å². The van der Waals surface area contributed by atoms with Crippen molar-refractivity contribution >= 4 is 23.4 Å². The van der Waals surface area contributed by atoms with Crippen LogP contribution in [0.4, 0.5) is 5.69 Å². The number of carbonyl (C=O) groups is 3. The van der Waals surface area contributed by atoms with Gasteiger partial charge in [0, 0.05) is 36.3 Å². The lowest BCUT2D eigenvalue weighted by Gasteiger charge is -2.17. The fourth-order valence-electron chi connectivity index (χ4n) is 2.89. The minimum atomic E-state index is -0.187. The van der Waals surface area contributed by atoms with Crippen LogP contribution in [0.15, 0.2) is 42.5 Å². The first-order valence-corrected chi connectivity index (χ1v) is 8.65. The van der Waals surface area contributed by atoms with Gasteiger partial charge in [0.05, 0.1) is 0 Å². The van der Waals surface area contributed by atoms with Crippen LogP contribution in [-0.2, 0) is 17.8 Å². The number of anilines is 1. The molecular formula is C20H21N3O3. The maximum Gasteiger partial charge on any atom is 0.251 e. The molecule has 1 heterocycles. The smallest absolute Gasteiger partial charge is 0.251 e. The Kier molecular flexibility index (Phi) is 5.31. The van der Waals surface area contributed by atoms with Crippen molar-refractivity contribution in [3.63, 3.8) is 0 Å². The molecule has 2 aromatic rings. The van der Waals surface area contributed by atoms with Crippen LogP contribution in [0.1, 0.15) is 45.2 Å². The highest BCUT2D eigenvalue weighted by molar-refractivity contribution is 5.98. The van der Waals surface area contributed by atoms with Crippen molar-refractivity contribution in [2.24, 2.45) is 0 Å². The van der Waals surface area contributed by atoms with Gasteiger partial charge in [-0.3, -0.25) is 14.4 Å². The molecule has 0 aliphatic carbocycles. The minimum absolute atomic E-state index is 0.00157. The molecule has 0 radical (unpaired) electrons. The fourth-order valence-corrected chi connectivity index (χ4v) is 2.89. The molecule has 1 aliphatic heterocycles. The number of carbonyl (C=O) groups excluding carboxylic acids is 3. The Morgan fingerprint density at radius 3 is 2.58 bits per heavy atom. The van der Waals surface area contributed by atoms with Crippen LogP contribution >= 0.6 is 0 Å². The van der Waals surface area contributed by atoms with Gasteiger partial charge in [0.2, 0.25) is 5.91 Å². The summed E-state index contributed by atoms with van der Waals surface area (Å²) in [5.41, 5.74) is 3.72. The molecule has 0 spiro atoms. The van der Waals surface area contributed by atoms with E-state index in [0.29, 0.717) is 37.1 Å². The number of benzene rings is 2. The molecule has 0 unspecified atom stereocenters. The summed E-state index contributed by atoms with van der Waals surface area (Å²) in [5.74, 6) is -0.313. The Bertz CT molecular complexity index is 861. The van der Waals surface area contributed by atoms with Gasteiger partial charge >= 0.3 is 0 Å². The fraction of sp³-hybridized carbons (Fsp3) is 0.250. The van der Waals surface area contributed by atoms with E-state index in [2.05, 4.69) is 16.0 Å². The summed E-state index contributed by atoms with van der Waals surface area (Å²) in [6.07, 6.45) is 1.07. The van der Waals surface area contributed by atoms with E-state index in [-0.39, 0.29) is 17.7 Å². The minimum Gasteiger partial charge on any atom is -0.352 e. The summed E-state index contributed by atoms with van der Waals surface area (Å²) in [7, 11) is 0. The molecule has 134 valence electrons. The van der Waals surface area contributed by atoms with E-state index in [0.717, 1.165) is 16.8 Å². The van der Waals surface area contributed by atoms with Crippen molar-refractivity contribution in [3.8, 4) is 0 Å². The molecule has 0 bridgehead atoms. The number of hydrogen-bond acceptors (Lipinski definition) is 3. The molecule has 1 aliphatic rings. The Hall–Kier alpha value is -3.15. The highest BCUT2D eigenvalue weighted by Crippen LogP contribution is 2.23. The topological polar surface area (TPSA) is 87.3 Å². The standard InChI is InChI=1S/C20H21N3O3/c1-2-21-19(25)15-5-3-4-13(10-15)12-22-20(26)16-6-8-17-14(11-16)7-9-18(24)23-17/h3-6,8,10-11H,2,7,9,12H2,1H3,(H,21,25)(H,22,26)(H,23,24). The first kappa shape index (κ1) is 17.7. The largest absolute Gasteiger partial charge is 0.352 e. The van der Waals surface area contributed by atoms with Gasteiger partial charge in [-0.2, -0.15) is 0 Å². The van der Waals surface area contributed by atoms with Crippen LogP contribution in [-0.4, -0.2) is 24.3 Å². The monoisotopic (exact) mass is 351 g/mol. The van der Waals surface area contributed by atoms with Crippen molar-refractivity contribution in [3.05, 3.63) is 64.7 Å². The summed E-state index contributed by atoms with van der Waals surface area (Å²) in [4.78, 5) is 35.7. The van der Waals surface area contributed by atoms with E-state index in [1.807, 2.05) is 19.1 Å². The number of aryl methyl sites for hydroxylation is 1. The van der Waals surface area contributed by atoms with Crippen molar-refractivity contribution in [2.75, 3.05) is 11.9 Å². The highest BCUT2D eigenvalue weighted by atomic mass is 16.2. The Morgan fingerprint density at radius 2 is 1.77 bits per heavy atom. The number of amides is 3. The molecule has 6 nitrogen and oxygen atoms in total. The second-order valence-electron chi connectivity index (χ2n) is 6.16. The second-order valence-corrected chi connectivity index (χ2v) is 6.16. The molecule has 2 aromatic carbocycles. The lowest BCUT2D eigenvalue weighted by Crippen LogP contribution is -2.25. The van der Waals surface area contributed by atoms with Crippen molar-refractivity contribution in [1.29, 1.82) is 0 Å². The van der Waals surface area contributed by atoms with Crippen LogP contribution < -0.4 is 16.0 Å². The van der Waals surface area contributed by atoms with Crippen LogP contribution in [0.2, 0.25) is 0 Å². The normalized spacial score (nSPS) is 12.7. The van der Waals surface area contributed by atoms with E-state index in [1.165, 1.54) is 0 Å².